The number of carbonyl (C=O) groups excluding carboxylic acids is 1. The van der Waals surface area contributed by atoms with Crippen LogP contribution in [-0.2, 0) is 11.2 Å². The number of rotatable bonds is 2. The van der Waals surface area contributed by atoms with Crippen molar-refractivity contribution in [2.24, 2.45) is 0 Å². The van der Waals surface area contributed by atoms with E-state index in [1.165, 1.54) is 6.20 Å². The minimum atomic E-state index is -0.221. The topological polar surface area (TPSA) is 62.0 Å². The van der Waals surface area contributed by atoms with Crippen molar-refractivity contribution < 1.29 is 4.79 Å². The highest BCUT2D eigenvalue weighted by Crippen LogP contribution is 2.10. The second-order valence-electron chi connectivity index (χ2n) is 2.50. The summed E-state index contributed by atoms with van der Waals surface area (Å²) in [5, 5.41) is 2.49. The second kappa shape index (κ2) is 4.23. The Hall–Kier alpha value is -1.10. The maximum Gasteiger partial charge on any atom is 0.262 e. The quantitative estimate of drug-likeness (QED) is 0.793. The second-order valence-corrected chi connectivity index (χ2v) is 3.29. The number of halogens is 1. The molecule has 1 aromatic rings. The molecule has 0 saturated carbocycles. The summed E-state index contributed by atoms with van der Waals surface area (Å²) in [7, 11) is 1.56. The van der Waals surface area contributed by atoms with E-state index in [9.17, 15) is 9.59 Å². The molecular weight excluding hydrogens is 236 g/mol. The Morgan fingerprint density at radius 3 is 3.00 bits per heavy atom. The summed E-state index contributed by atoms with van der Waals surface area (Å²) >= 11 is 3.11. The van der Waals surface area contributed by atoms with Crippen LogP contribution in [0.5, 0.6) is 0 Å². The van der Waals surface area contributed by atoms with Gasteiger partial charge in [-0.15, -0.1) is 0 Å². The van der Waals surface area contributed by atoms with E-state index < -0.39 is 0 Å². The van der Waals surface area contributed by atoms with E-state index in [0.717, 1.165) is 0 Å². The lowest BCUT2D eigenvalue weighted by molar-refractivity contribution is -0.119. The van der Waals surface area contributed by atoms with Crippen molar-refractivity contribution in [1.29, 1.82) is 0 Å². The van der Waals surface area contributed by atoms with Gasteiger partial charge in [-0.1, -0.05) is 0 Å². The molecule has 1 aromatic heterocycles. The summed E-state index contributed by atoms with van der Waals surface area (Å²) in [5.74, 6) is -0.119. The summed E-state index contributed by atoms with van der Waals surface area (Å²) in [6.07, 6.45) is 1.73. The molecule has 70 valence electrons. The molecule has 1 rings (SSSR count). The van der Waals surface area contributed by atoms with Crippen molar-refractivity contribution in [1.82, 2.24) is 10.3 Å². The predicted octanol–water partition coefficient (Wildman–Crippen LogP) is 0.426. The lowest BCUT2D eigenvalue weighted by Gasteiger charge is -2.01. The molecule has 0 aromatic carbocycles. The molecule has 0 unspecified atom stereocenters. The van der Waals surface area contributed by atoms with Gasteiger partial charge in [-0.05, 0) is 27.6 Å². The molecule has 0 aliphatic rings. The number of pyridine rings is 1. The third kappa shape index (κ3) is 2.42. The first kappa shape index (κ1) is 9.98. The largest absolute Gasteiger partial charge is 0.359 e. The smallest absolute Gasteiger partial charge is 0.262 e. The van der Waals surface area contributed by atoms with Gasteiger partial charge in [-0.25, -0.2) is 0 Å². The monoisotopic (exact) mass is 244 g/mol. The summed E-state index contributed by atoms with van der Waals surface area (Å²) in [4.78, 5) is 24.6. The summed E-state index contributed by atoms with van der Waals surface area (Å²) in [6, 6.07) is 1.70. The van der Waals surface area contributed by atoms with Crippen LogP contribution in [0.1, 0.15) is 5.56 Å². The summed E-state index contributed by atoms with van der Waals surface area (Å²) < 4.78 is 0.415. The van der Waals surface area contributed by atoms with E-state index in [4.69, 9.17) is 0 Å². The van der Waals surface area contributed by atoms with E-state index in [2.05, 4.69) is 26.2 Å². The number of nitrogens with one attached hydrogen (secondary N) is 2. The number of hydrogen-bond acceptors (Lipinski definition) is 2. The van der Waals surface area contributed by atoms with E-state index in [0.29, 0.717) is 10.0 Å². The van der Waals surface area contributed by atoms with Gasteiger partial charge in [0.25, 0.3) is 5.56 Å². The lowest BCUT2D eigenvalue weighted by Crippen LogP contribution is -2.21. The fraction of sp³-hybridized carbons (Fsp3) is 0.250. The first-order valence-corrected chi connectivity index (χ1v) is 4.51. The number of aromatic nitrogens is 1. The van der Waals surface area contributed by atoms with Crippen LogP contribution in [0, 0.1) is 0 Å². The van der Waals surface area contributed by atoms with Crippen LogP contribution < -0.4 is 10.9 Å². The molecule has 0 fully saturated rings. The SMILES string of the molecule is CNC(=O)Cc1cc[nH]c(=O)c1Br. The van der Waals surface area contributed by atoms with Gasteiger partial charge in [0.15, 0.2) is 0 Å². The molecule has 0 aliphatic heterocycles. The fourth-order valence-electron chi connectivity index (χ4n) is 0.898. The molecule has 0 atom stereocenters. The first-order valence-electron chi connectivity index (χ1n) is 3.72. The lowest BCUT2D eigenvalue weighted by atomic mass is 10.2. The highest BCUT2D eigenvalue weighted by molar-refractivity contribution is 9.10. The van der Waals surface area contributed by atoms with Gasteiger partial charge in [0.1, 0.15) is 0 Å². The van der Waals surface area contributed by atoms with Crippen molar-refractivity contribution in [2.45, 2.75) is 6.42 Å². The normalized spacial score (nSPS) is 9.69. The third-order valence-electron chi connectivity index (χ3n) is 1.61. The minimum absolute atomic E-state index is 0.119. The van der Waals surface area contributed by atoms with E-state index >= 15 is 0 Å². The summed E-state index contributed by atoms with van der Waals surface area (Å²) in [6.45, 7) is 0. The van der Waals surface area contributed by atoms with E-state index in [1.807, 2.05) is 0 Å². The zero-order valence-corrected chi connectivity index (χ0v) is 8.64. The van der Waals surface area contributed by atoms with Crippen LogP contribution in [0.3, 0.4) is 0 Å². The molecule has 0 bridgehead atoms. The molecular formula is C8H9BrN2O2. The van der Waals surface area contributed by atoms with Gasteiger partial charge in [-0.3, -0.25) is 9.59 Å². The van der Waals surface area contributed by atoms with Crippen molar-refractivity contribution >= 4 is 21.8 Å². The minimum Gasteiger partial charge on any atom is -0.359 e. The Bertz CT molecular complexity index is 373. The van der Waals surface area contributed by atoms with Gasteiger partial charge in [0.05, 0.1) is 10.9 Å². The number of amides is 1. The van der Waals surface area contributed by atoms with Gasteiger partial charge in [0.2, 0.25) is 5.91 Å². The van der Waals surface area contributed by atoms with Crippen LogP contribution in [0.2, 0.25) is 0 Å². The number of H-pyrrole nitrogens is 1. The van der Waals surface area contributed by atoms with Gasteiger partial charge >= 0.3 is 0 Å². The number of likely N-dealkylation sites (N-methyl/N-ethyl adjacent to an activating group) is 1. The maximum atomic E-state index is 11.1. The van der Waals surface area contributed by atoms with Crippen LogP contribution in [-0.4, -0.2) is 17.9 Å². The van der Waals surface area contributed by atoms with Crippen molar-refractivity contribution in [3.8, 4) is 0 Å². The Balaban J connectivity index is 2.96. The number of hydrogen-bond donors (Lipinski definition) is 2. The van der Waals surface area contributed by atoms with Gasteiger partial charge in [-0.2, -0.15) is 0 Å². The van der Waals surface area contributed by atoms with Gasteiger partial charge < -0.3 is 10.3 Å². The summed E-state index contributed by atoms with van der Waals surface area (Å²) in [5.41, 5.74) is 0.463. The van der Waals surface area contributed by atoms with E-state index in [1.54, 1.807) is 13.1 Å². The third-order valence-corrected chi connectivity index (χ3v) is 2.48. The molecule has 1 heterocycles. The average Bonchev–Trinajstić information content (AvgIpc) is 2.13. The Labute approximate surface area is 83.5 Å². The standard InChI is InChI=1S/C8H9BrN2O2/c1-10-6(12)4-5-2-3-11-8(13)7(5)9/h2-3H,4H2,1H3,(H,10,12)(H,11,13). The van der Waals surface area contributed by atoms with Crippen LogP contribution in [0.15, 0.2) is 21.5 Å². The van der Waals surface area contributed by atoms with E-state index in [-0.39, 0.29) is 17.9 Å². The van der Waals surface area contributed by atoms with Crippen LogP contribution in [0.25, 0.3) is 0 Å². The molecule has 13 heavy (non-hydrogen) atoms. The Morgan fingerprint density at radius 1 is 1.69 bits per heavy atom. The number of aromatic amines is 1. The molecule has 1 amide bonds. The number of carbonyl (C=O) groups is 1. The first-order chi connectivity index (χ1) is 6.15. The van der Waals surface area contributed by atoms with Crippen LogP contribution in [0.4, 0.5) is 0 Å². The van der Waals surface area contributed by atoms with Crippen molar-refractivity contribution in [3.63, 3.8) is 0 Å². The molecule has 0 radical (unpaired) electrons. The molecule has 0 saturated heterocycles. The maximum absolute atomic E-state index is 11.1. The fourth-order valence-corrected chi connectivity index (χ4v) is 1.28. The zero-order valence-electron chi connectivity index (χ0n) is 7.06. The highest BCUT2D eigenvalue weighted by atomic mass is 79.9. The average molecular weight is 245 g/mol. The predicted molar refractivity (Wildman–Crippen MR) is 52.5 cm³/mol. The van der Waals surface area contributed by atoms with Crippen molar-refractivity contribution in [2.75, 3.05) is 7.05 Å². The van der Waals surface area contributed by atoms with Crippen LogP contribution >= 0.6 is 15.9 Å². The van der Waals surface area contributed by atoms with Gasteiger partial charge in [0, 0.05) is 13.2 Å². The molecule has 2 N–H and O–H groups in total. The molecule has 0 aliphatic carbocycles. The molecule has 4 nitrogen and oxygen atoms in total. The highest BCUT2D eigenvalue weighted by Gasteiger charge is 2.06. The molecule has 5 heteroatoms. The Morgan fingerprint density at radius 2 is 2.38 bits per heavy atom. The zero-order chi connectivity index (χ0) is 9.84. The molecule has 0 spiro atoms. The van der Waals surface area contributed by atoms with Crippen molar-refractivity contribution in [3.05, 3.63) is 32.7 Å². The Kier molecular flexibility index (Phi) is 3.25.